The van der Waals surface area contributed by atoms with Crippen LogP contribution in [0.1, 0.15) is 22.3 Å². The summed E-state index contributed by atoms with van der Waals surface area (Å²) in [6.45, 7) is 0. The van der Waals surface area contributed by atoms with Gasteiger partial charge in [0.15, 0.2) is 11.5 Å². The van der Waals surface area contributed by atoms with Crippen molar-refractivity contribution in [3.63, 3.8) is 0 Å². The molecule has 0 radical (unpaired) electrons. The highest BCUT2D eigenvalue weighted by molar-refractivity contribution is 7.92. The van der Waals surface area contributed by atoms with Gasteiger partial charge < -0.3 is 4.74 Å². The second kappa shape index (κ2) is 5.46. The summed E-state index contributed by atoms with van der Waals surface area (Å²) in [4.78, 5) is 11.8. The van der Waals surface area contributed by atoms with Gasteiger partial charge in [-0.3, -0.25) is 9.52 Å². The van der Waals surface area contributed by atoms with Gasteiger partial charge in [0.05, 0.1) is 11.9 Å². The van der Waals surface area contributed by atoms with Crippen molar-refractivity contribution in [1.29, 1.82) is 0 Å². The van der Waals surface area contributed by atoms with Crippen molar-refractivity contribution in [2.75, 3.05) is 11.0 Å². The molecule has 0 spiro atoms. The third-order valence-corrected chi connectivity index (χ3v) is 3.98. The fraction of sp³-hybridized carbons (Fsp3) is 0.188. The molecule has 0 saturated heterocycles. The van der Waals surface area contributed by atoms with Crippen LogP contribution in [0.25, 0.3) is 0 Å². The van der Waals surface area contributed by atoms with Gasteiger partial charge >= 0.3 is 0 Å². The molecule has 0 atom stereocenters. The molecule has 0 fully saturated rings. The monoisotopic (exact) mass is 317 g/mol. The van der Waals surface area contributed by atoms with Gasteiger partial charge in [-0.25, -0.2) is 8.42 Å². The Kier molecular flexibility index (Phi) is 3.62. The zero-order valence-electron chi connectivity index (χ0n) is 12.0. The maximum absolute atomic E-state index is 11.8. The van der Waals surface area contributed by atoms with E-state index in [1.165, 1.54) is 0 Å². The lowest BCUT2D eigenvalue weighted by Gasteiger charge is -2.14. The number of nitrogens with one attached hydrogen (secondary N) is 1. The van der Waals surface area contributed by atoms with Gasteiger partial charge in [-0.15, -0.1) is 0 Å². The molecule has 1 N–H and O–H groups in total. The van der Waals surface area contributed by atoms with Gasteiger partial charge in [-0.2, -0.15) is 0 Å². The number of ketones is 1. The van der Waals surface area contributed by atoms with Gasteiger partial charge in [0.2, 0.25) is 10.0 Å². The van der Waals surface area contributed by atoms with Crippen molar-refractivity contribution < 1.29 is 17.9 Å². The highest BCUT2D eigenvalue weighted by atomic mass is 32.2. The fourth-order valence-corrected chi connectivity index (χ4v) is 3.01. The molecule has 1 aliphatic rings. The SMILES string of the molecule is CS(=O)(=O)Nc1cc2c(cc1Oc1ccccc1)CCC2=O. The molecule has 0 bridgehead atoms. The predicted octanol–water partition coefficient (Wildman–Crippen LogP) is 2.98. The summed E-state index contributed by atoms with van der Waals surface area (Å²) in [5.41, 5.74) is 1.72. The van der Waals surface area contributed by atoms with E-state index in [0.29, 0.717) is 29.9 Å². The number of ether oxygens (including phenoxy) is 1. The first-order valence-corrected chi connectivity index (χ1v) is 8.72. The normalized spacial score (nSPS) is 13.8. The molecule has 2 aromatic rings. The number of Topliss-reactive ketones (excluding diaryl/α,β-unsaturated/α-hetero) is 1. The molecule has 0 saturated carbocycles. The van der Waals surface area contributed by atoms with E-state index in [1.54, 1.807) is 24.3 Å². The third kappa shape index (κ3) is 3.12. The van der Waals surface area contributed by atoms with Crippen molar-refractivity contribution in [2.24, 2.45) is 0 Å². The van der Waals surface area contributed by atoms with Crippen LogP contribution in [0.3, 0.4) is 0 Å². The standard InChI is InChI=1S/C16H15NO4S/c1-22(19,20)17-14-10-13-11(7-8-15(13)18)9-16(14)21-12-5-3-2-4-6-12/h2-6,9-10,17H,7-8H2,1H3. The van der Waals surface area contributed by atoms with Crippen molar-refractivity contribution in [3.8, 4) is 11.5 Å². The van der Waals surface area contributed by atoms with Gasteiger partial charge in [0.1, 0.15) is 5.75 Å². The summed E-state index contributed by atoms with van der Waals surface area (Å²) in [5.74, 6) is 1.02. The summed E-state index contributed by atoms with van der Waals surface area (Å²) in [5, 5.41) is 0. The first kappa shape index (κ1) is 14.6. The highest BCUT2D eigenvalue weighted by Crippen LogP contribution is 2.36. The first-order valence-electron chi connectivity index (χ1n) is 6.83. The fourth-order valence-electron chi connectivity index (χ4n) is 2.45. The van der Waals surface area contributed by atoms with E-state index in [-0.39, 0.29) is 11.5 Å². The van der Waals surface area contributed by atoms with Crippen LogP contribution in [0, 0.1) is 0 Å². The van der Waals surface area contributed by atoms with Crippen LogP contribution >= 0.6 is 0 Å². The van der Waals surface area contributed by atoms with Crippen molar-refractivity contribution in [1.82, 2.24) is 0 Å². The van der Waals surface area contributed by atoms with Gasteiger partial charge in [0, 0.05) is 12.0 Å². The summed E-state index contributed by atoms with van der Waals surface area (Å²) in [6, 6.07) is 12.4. The number of sulfonamides is 1. The smallest absolute Gasteiger partial charge is 0.229 e. The number of carbonyl (C=O) groups excluding carboxylic acids is 1. The lowest BCUT2D eigenvalue weighted by molar-refractivity contribution is 0.0994. The van der Waals surface area contributed by atoms with E-state index in [4.69, 9.17) is 4.74 Å². The molecule has 2 aromatic carbocycles. The van der Waals surface area contributed by atoms with Crippen molar-refractivity contribution in [3.05, 3.63) is 53.6 Å². The van der Waals surface area contributed by atoms with E-state index in [0.717, 1.165) is 11.8 Å². The molecule has 0 unspecified atom stereocenters. The molecule has 5 nitrogen and oxygen atoms in total. The zero-order valence-corrected chi connectivity index (χ0v) is 12.8. The van der Waals surface area contributed by atoms with Crippen LogP contribution in [-0.2, 0) is 16.4 Å². The number of para-hydroxylation sites is 1. The summed E-state index contributed by atoms with van der Waals surface area (Å²) < 4.78 is 31.3. The molecule has 6 heteroatoms. The largest absolute Gasteiger partial charge is 0.455 e. The highest BCUT2D eigenvalue weighted by Gasteiger charge is 2.23. The number of hydrogen-bond acceptors (Lipinski definition) is 4. The summed E-state index contributed by atoms with van der Waals surface area (Å²) in [7, 11) is -3.47. The number of benzene rings is 2. The van der Waals surface area contributed by atoms with Crippen molar-refractivity contribution in [2.45, 2.75) is 12.8 Å². The number of hydrogen-bond donors (Lipinski definition) is 1. The van der Waals surface area contributed by atoms with E-state index in [1.807, 2.05) is 18.2 Å². The van der Waals surface area contributed by atoms with Crippen LogP contribution in [0.15, 0.2) is 42.5 Å². The van der Waals surface area contributed by atoms with Crippen LogP contribution < -0.4 is 9.46 Å². The molecule has 22 heavy (non-hydrogen) atoms. The lowest BCUT2D eigenvalue weighted by Crippen LogP contribution is -2.11. The quantitative estimate of drug-likeness (QED) is 0.941. The number of rotatable bonds is 4. The minimum Gasteiger partial charge on any atom is -0.455 e. The third-order valence-electron chi connectivity index (χ3n) is 3.39. The second-order valence-electron chi connectivity index (χ2n) is 5.22. The average Bonchev–Trinajstić information content (AvgIpc) is 2.80. The Balaban J connectivity index is 2.05. The van der Waals surface area contributed by atoms with Crippen molar-refractivity contribution >= 4 is 21.5 Å². The molecular weight excluding hydrogens is 302 g/mol. The first-order chi connectivity index (χ1) is 10.4. The Morgan fingerprint density at radius 3 is 2.50 bits per heavy atom. The molecular formula is C16H15NO4S. The maximum Gasteiger partial charge on any atom is 0.229 e. The van der Waals surface area contributed by atoms with Crippen LogP contribution in [-0.4, -0.2) is 20.5 Å². The van der Waals surface area contributed by atoms with Gasteiger partial charge in [0.25, 0.3) is 0 Å². The Bertz CT molecular complexity index is 829. The zero-order chi connectivity index (χ0) is 15.7. The Labute approximate surface area is 129 Å². The van der Waals surface area contributed by atoms with E-state index in [2.05, 4.69) is 4.72 Å². The minimum atomic E-state index is -3.47. The number of anilines is 1. The molecule has 0 aliphatic heterocycles. The maximum atomic E-state index is 11.8. The predicted molar refractivity (Wildman–Crippen MR) is 84.1 cm³/mol. The lowest BCUT2D eigenvalue weighted by atomic mass is 10.1. The minimum absolute atomic E-state index is 0.0258. The van der Waals surface area contributed by atoms with Crippen LogP contribution in [0.5, 0.6) is 11.5 Å². The topological polar surface area (TPSA) is 72.5 Å². The molecule has 114 valence electrons. The number of carbonyl (C=O) groups is 1. The molecule has 0 amide bonds. The average molecular weight is 317 g/mol. The Morgan fingerprint density at radius 2 is 1.82 bits per heavy atom. The van der Waals surface area contributed by atoms with Crippen LogP contribution in [0.2, 0.25) is 0 Å². The van der Waals surface area contributed by atoms with E-state index in [9.17, 15) is 13.2 Å². The number of aryl methyl sites for hydroxylation is 1. The molecule has 0 aromatic heterocycles. The number of fused-ring (bicyclic) bond motifs is 1. The van der Waals surface area contributed by atoms with Gasteiger partial charge in [-0.05, 0) is 36.2 Å². The summed E-state index contributed by atoms with van der Waals surface area (Å²) in [6.07, 6.45) is 2.16. The summed E-state index contributed by atoms with van der Waals surface area (Å²) >= 11 is 0. The van der Waals surface area contributed by atoms with E-state index >= 15 is 0 Å². The second-order valence-corrected chi connectivity index (χ2v) is 6.97. The Hall–Kier alpha value is -2.34. The van der Waals surface area contributed by atoms with Crippen LogP contribution in [0.4, 0.5) is 5.69 Å². The van der Waals surface area contributed by atoms with Gasteiger partial charge in [-0.1, -0.05) is 18.2 Å². The Morgan fingerprint density at radius 1 is 1.09 bits per heavy atom. The van der Waals surface area contributed by atoms with E-state index < -0.39 is 10.0 Å². The molecule has 1 aliphatic carbocycles. The molecule has 0 heterocycles. The molecule has 3 rings (SSSR count).